The number of hydrogen-bond acceptors (Lipinski definition) is 4. The van der Waals surface area contributed by atoms with Crippen LogP contribution in [0.4, 0.5) is 0 Å². The van der Waals surface area contributed by atoms with Crippen molar-refractivity contribution in [1.29, 1.82) is 0 Å². The standard InChI is InChI=1S/C19H23NO4/c1-20(2)18(21)10-13-6-8-14(9-7-13)15-11-16(22-3)19(24-5)17(12-15)23-4/h6-9,11-12H,10H2,1-5H3. The maximum Gasteiger partial charge on any atom is 0.226 e. The molecule has 0 saturated heterocycles. The first kappa shape index (κ1) is 17.7. The molecule has 0 heterocycles. The molecule has 0 bridgehead atoms. The highest BCUT2D eigenvalue weighted by molar-refractivity contribution is 5.78. The molecule has 0 radical (unpaired) electrons. The molecule has 2 aromatic rings. The van der Waals surface area contributed by atoms with E-state index in [4.69, 9.17) is 14.2 Å². The van der Waals surface area contributed by atoms with Crippen LogP contribution in [0.3, 0.4) is 0 Å². The second-order valence-electron chi connectivity index (χ2n) is 5.58. The van der Waals surface area contributed by atoms with Crippen molar-refractivity contribution >= 4 is 5.91 Å². The van der Waals surface area contributed by atoms with Gasteiger partial charge >= 0.3 is 0 Å². The second kappa shape index (κ2) is 7.73. The lowest BCUT2D eigenvalue weighted by molar-refractivity contribution is -0.127. The molecule has 0 aliphatic carbocycles. The third-order valence-electron chi connectivity index (χ3n) is 3.81. The lowest BCUT2D eigenvalue weighted by Crippen LogP contribution is -2.23. The largest absolute Gasteiger partial charge is 0.493 e. The van der Waals surface area contributed by atoms with Crippen LogP contribution < -0.4 is 14.2 Å². The first-order chi connectivity index (χ1) is 11.5. The number of methoxy groups -OCH3 is 3. The van der Waals surface area contributed by atoms with Gasteiger partial charge < -0.3 is 19.1 Å². The second-order valence-corrected chi connectivity index (χ2v) is 5.58. The van der Waals surface area contributed by atoms with Gasteiger partial charge in [-0.2, -0.15) is 0 Å². The van der Waals surface area contributed by atoms with Crippen LogP contribution in [0.2, 0.25) is 0 Å². The van der Waals surface area contributed by atoms with E-state index in [-0.39, 0.29) is 5.91 Å². The van der Waals surface area contributed by atoms with Gasteiger partial charge in [0.15, 0.2) is 11.5 Å². The molecule has 5 heteroatoms. The van der Waals surface area contributed by atoms with Gasteiger partial charge in [0.05, 0.1) is 27.8 Å². The van der Waals surface area contributed by atoms with Crippen LogP contribution in [0.5, 0.6) is 17.2 Å². The molecule has 0 spiro atoms. The van der Waals surface area contributed by atoms with E-state index in [1.165, 1.54) is 0 Å². The summed E-state index contributed by atoms with van der Waals surface area (Å²) in [6, 6.07) is 11.7. The number of rotatable bonds is 6. The zero-order chi connectivity index (χ0) is 17.7. The molecule has 0 fully saturated rings. The molecule has 24 heavy (non-hydrogen) atoms. The number of hydrogen-bond donors (Lipinski definition) is 0. The van der Waals surface area contributed by atoms with E-state index in [2.05, 4.69) is 0 Å². The number of benzene rings is 2. The smallest absolute Gasteiger partial charge is 0.226 e. The summed E-state index contributed by atoms with van der Waals surface area (Å²) in [5.74, 6) is 1.87. The first-order valence-corrected chi connectivity index (χ1v) is 7.59. The highest BCUT2D eigenvalue weighted by Crippen LogP contribution is 2.41. The van der Waals surface area contributed by atoms with Gasteiger partial charge in [0.2, 0.25) is 11.7 Å². The van der Waals surface area contributed by atoms with E-state index in [9.17, 15) is 4.79 Å². The number of amides is 1. The van der Waals surface area contributed by atoms with Gasteiger partial charge in [-0.05, 0) is 28.8 Å². The van der Waals surface area contributed by atoms with Crippen molar-refractivity contribution < 1.29 is 19.0 Å². The zero-order valence-corrected chi connectivity index (χ0v) is 14.8. The summed E-state index contributed by atoms with van der Waals surface area (Å²) in [4.78, 5) is 13.4. The Hall–Kier alpha value is -2.69. The Bertz CT molecular complexity index is 683. The third-order valence-corrected chi connectivity index (χ3v) is 3.81. The molecule has 0 aromatic heterocycles. The van der Waals surface area contributed by atoms with Crippen molar-refractivity contribution in [2.75, 3.05) is 35.4 Å². The predicted molar refractivity (Wildman–Crippen MR) is 93.9 cm³/mol. The summed E-state index contributed by atoms with van der Waals surface area (Å²) in [7, 11) is 8.28. The molecule has 0 N–H and O–H groups in total. The van der Waals surface area contributed by atoms with Crippen LogP contribution in [-0.2, 0) is 11.2 Å². The van der Waals surface area contributed by atoms with Crippen LogP contribution >= 0.6 is 0 Å². The monoisotopic (exact) mass is 329 g/mol. The third kappa shape index (κ3) is 3.79. The number of nitrogens with zero attached hydrogens (tertiary/aromatic N) is 1. The van der Waals surface area contributed by atoms with Crippen molar-refractivity contribution in [1.82, 2.24) is 4.90 Å². The molecular formula is C19H23NO4. The normalized spacial score (nSPS) is 10.2. The van der Waals surface area contributed by atoms with E-state index in [1.54, 1.807) is 40.3 Å². The Morgan fingerprint density at radius 1 is 0.875 bits per heavy atom. The van der Waals surface area contributed by atoms with Crippen molar-refractivity contribution in [3.63, 3.8) is 0 Å². The molecule has 128 valence electrons. The van der Waals surface area contributed by atoms with E-state index in [1.807, 2.05) is 36.4 Å². The molecule has 1 amide bonds. The fourth-order valence-electron chi connectivity index (χ4n) is 2.40. The highest BCUT2D eigenvalue weighted by atomic mass is 16.5. The quantitative estimate of drug-likeness (QED) is 0.817. The number of likely N-dealkylation sites (N-methyl/N-ethyl adjacent to an activating group) is 1. The summed E-state index contributed by atoms with van der Waals surface area (Å²) in [6.45, 7) is 0. The van der Waals surface area contributed by atoms with Crippen LogP contribution in [0, 0.1) is 0 Å². The fraction of sp³-hybridized carbons (Fsp3) is 0.316. The summed E-state index contributed by atoms with van der Waals surface area (Å²) < 4.78 is 16.1. The first-order valence-electron chi connectivity index (χ1n) is 7.59. The van der Waals surface area contributed by atoms with Gasteiger partial charge in [-0.1, -0.05) is 24.3 Å². The predicted octanol–water partition coefficient (Wildman–Crippen LogP) is 3.01. The Kier molecular flexibility index (Phi) is 5.68. The van der Waals surface area contributed by atoms with Gasteiger partial charge in [-0.25, -0.2) is 0 Å². The number of carbonyl (C=O) groups excluding carboxylic acids is 1. The zero-order valence-electron chi connectivity index (χ0n) is 14.8. The summed E-state index contributed by atoms with van der Waals surface area (Å²) in [5.41, 5.74) is 2.94. The molecule has 0 unspecified atom stereocenters. The van der Waals surface area contributed by atoms with Crippen LogP contribution in [0.1, 0.15) is 5.56 Å². The topological polar surface area (TPSA) is 48.0 Å². The Labute approximate surface area is 142 Å². The van der Waals surface area contributed by atoms with Crippen LogP contribution in [-0.4, -0.2) is 46.2 Å². The van der Waals surface area contributed by atoms with Gasteiger partial charge in [0.25, 0.3) is 0 Å². The van der Waals surface area contributed by atoms with E-state index < -0.39 is 0 Å². The molecule has 2 aromatic carbocycles. The maximum atomic E-state index is 11.8. The minimum absolute atomic E-state index is 0.0792. The highest BCUT2D eigenvalue weighted by Gasteiger charge is 2.14. The van der Waals surface area contributed by atoms with Crippen LogP contribution in [0.25, 0.3) is 11.1 Å². The molecule has 0 aliphatic heterocycles. The number of carbonyl (C=O) groups is 1. The SMILES string of the molecule is COc1cc(-c2ccc(CC(=O)N(C)C)cc2)cc(OC)c1OC. The fourth-order valence-corrected chi connectivity index (χ4v) is 2.40. The lowest BCUT2D eigenvalue weighted by atomic mass is 10.0. The van der Waals surface area contributed by atoms with E-state index in [0.29, 0.717) is 23.7 Å². The Balaban J connectivity index is 2.33. The summed E-state index contributed by atoms with van der Waals surface area (Å²) in [6.07, 6.45) is 0.391. The number of ether oxygens (including phenoxy) is 3. The average Bonchev–Trinajstić information content (AvgIpc) is 2.60. The average molecular weight is 329 g/mol. The van der Waals surface area contributed by atoms with Gasteiger partial charge in [-0.15, -0.1) is 0 Å². The maximum absolute atomic E-state index is 11.8. The van der Waals surface area contributed by atoms with Gasteiger partial charge in [0.1, 0.15) is 0 Å². The van der Waals surface area contributed by atoms with E-state index >= 15 is 0 Å². The molecular weight excluding hydrogens is 306 g/mol. The van der Waals surface area contributed by atoms with Gasteiger partial charge in [0, 0.05) is 14.1 Å². The van der Waals surface area contributed by atoms with Crippen molar-refractivity contribution in [3.05, 3.63) is 42.0 Å². The molecule has 0 aliphatic rings. The van der Waals surface area contributed by atoms with Crippen LogP contribution in [0.15, 0.2) is 36.4 Å². The van der Waals surface area contributed by atoms with Crippen molar-refractivity contribution in [2.45, 2.75) is 6.42 Å². The lowest BCUT2D eigenvalue weighted by Gasteiger charge is -2.14. The Morgan fingerprint density at radius 2 is 1.42 bits per heavy atom. The summed E-state index contributed by atoms with van der Waals surface area (Å²) >= 11 is 0. The van der Waals surface area contributed by atoms with Crippen molar-refractivity contribution in [2.24, 2.45) is 0 Å². The summed E-state index contributed by atoms with van der Waals surface area (Å²) in [5, 5.41) is 0. The minimum atomic E-state index is 0.0792. The molecule has 5 nitrogen and oxygen atoms in total. The molecule has 2 rings (SSSR count). The van der Waals surface area contributed by atoms with E-state index in [0.717, 1.165) is 16.7 Å². The molecule has 0 atom stereocenters. The molecule has 0 saturated carbocycles. The minimum Gasteiger partial charge on any atom is -0.493 e. The van der Waals surface area contributed by atoms with Gasteiger partial charge in [-0.3, -0.25) is 4.79 Å². The van der Waals surface area contributed by atoms with Crippen molar-refractivity contribution in [3.8, 4) is 28.4 Å². The Morgan fingerprint density at radius 3 is 1.83 bits per heavy atom.